The zero-order chi connectivity index (χ0) is 13.8. The highest BCUT2D eigenvalue weighted by Crippen LogP contribution is 2.17. The number of amides is 1. The van der Waals surface area contributed by atoms with Crippen LogP contribution in [0.3, 0.4) is 0 Å². The minimum Gasteiger partial charge on any atom is -0.480 e. The van der Waals surface area contributed by atoms with E-state index in [0.29, 0.717) is 5.56 Å². The maximum atomic E-state index is 11.0. The third-order valence-corrected chi connectivity index (χ3v) is 3.25. The monoisotopic (exact) mass is 263 g/mol. The van der Waals surface area contributed by atoms with Gasteiger partial charge in [0, 0.05) is 37.4 Å². The van der Waals surface area contributed by atoms with Crippen molar-refractivity contribution in [3.63, 3.8) is 0 Å². The maximum Gasteiger partial charge on any atom is 0.317 e. The average Bonchev–Trinajstić information content (AvgIpc) is 2.39. The second-order valence-electron chi connectivity index (χ2n) is 4.57. The van der Waals surface area contributed by atoms with Gasteiger partial charge in [-0.05, 0) is 24.3 Å². The number of aliphatic carboxylic acids is 1. The Hall–Kier alpha value is -2.08. The van der Waals surface area contributed by atoms with Crippen molar-refractivity contribution in [2.45, 2.75) is 0 Å². The number of hydrogen-bond donors (Lipinski definition) is 2. The van der Waals surface area contributed by atoms with Gasteiger partial charge >= 0.3 is 5.97 Å². The molecule has 0 bridgehead atoms. The van der Waals surface area contributed by atoms with Crippen molar-refractivity contribution >= 4 is 17.6 Å². The molecule has 0 unspecified atom stereocenters. The molecule has 0 aliphatic carbocycles. The lowest BCUT2D eigenvalue weighted by atomic mass is 10.1. The third kappa shape index (κ3) is 3.45. The fourth-order valence-corrected chi connectivity index (χ4v) is 2.19. The van der Waals surface area contributed by atoms with Crippen LogP contribution in [-0.2, 0) is 4.79 Å². The normalized spacial score (nSPS) is 16.3. The summed E-state index contributed by atoms with van der Waals surface area (Å²) in [4.78, 5) is 25.7. The number of carbonyl (C=O) groups is 2. The molecule has 102 valence electrons. The van der Waals surface area contributed by atoms with Crippen LogP contribution in [-0.4, -0.2) is 54.6 Å². The number of carboxylic acid groups (broad SMARTS) is 1. The lowest BCUT2D eigenvalue weighted by Crippen LogP contribution is -2.48. The van der Waals surface area contributed by atoms with Gasteiger partial charge in [-0.3, -0.25) is 14.5 Å². The van der Waals surface area contributed by atoms with Crippen molar-refractivity contribution < 1.29 is 14.7 Å². The summed E-state index contributed by atoms with van der Waals surface area (Å²) in [5, 5.41) is 8.73. The zero-order valence-corrected chi connectivity index (χ0v) is 10.6. The number of nitrogens with zero attached hydrogens (tertiary/aromatic N) is 2. The predicted molar refractivity (Wildman–Crippen MR) is 71.2 cm³/mol. The van der Waals surface area contributed by atoms with Crippen LogP contribution in [0, 0.1) is 0 Å². The molecule has 1 aliphatic heterocycles. The Balaban J connectivity index is 1.94. The number of piperazine rings is 1. The second-order valence-corrected chi connectivity index (χ2v) is 4.57. The maximum absolute atomic E-state index is 11.0. The lowest BCUT2D eigenvalue weighted by molar-refractivity contribution is -0.138. The van der Waals surface area contributed by atoms with Gasteiger partial charge in [0.2, 0.25) is 5.91 Å². The van der Waals surface area contributed by atoms with Crippen molar-refractivity contribution in [3.05, 3.63) is 29.8 Å². The van der Waals surface area contributed by atoms with Gasteiger partial charge in [0.15, 0.2) is 0 Å². The van der Waals surface area contributed by atoms with E-state index in [1.165, 1.54) is 0 Å². The highest BCUT2D eigenvalue weighted by molar-refractivity contribution is 5.93. The Morgan fingerprint density at radius 3 is 2.16 bits per heavy atom. The number of primary amides is 1. The molecule has 6 heteroatoms. The molecule has 6 nitrogen and oxygen atoms in total. The molecule has 0 atom stereocenters. The first kappa shape index (κ1) is 13.4. The fourth-order valence-electron chi connectivity index (χ4n) is 2.19. The smallest absolute Gasteiger partial charge is 0.317 e. The minimum absolute atomic E-state index is 0.0917. The van der Waals surface area contributed by atoms with Crippen molar-refractivity contribution in [1.29, 1.82) is 0 Å². The van der Waals surface area contributed by atoms with Crippen LogP contribution in [0.1, 0.15) is 10.4 Å². The largest absolute Gasteiger partial charge is 0.480 e. The van der Waals surface area contributed by atoms with Gasteiger partial charge in [0.05, 0.1) is 6.54 Å². The van der Waals surface area contributed by atoms with Gasteiger partial charge in [-0.15, -0.1) is 0 Å². The van der Waals surface area contributed by atoms with Crippen molar-refractivity contribution in [1.82, 2.24) is 4.90 Å². The Bertz CT molecular complexity index is 465. The molecule has 0 aromatic heterocycles. The van der Waals surface area contributed by atoms with Crippen LogP contribution in [0.25, 0.3) is 0 Å². The zero-order valence-electron chi connectivity index (χ0n) is 10.6. The summed E-state index contributed by atoms with van der Waals surface area (Å²) >= 11 is 0. The molecule has 1 heterocycles. The van der Waals surface area contributed by atoms with Crippen molar-refractivity contribution in [2.24, 2.45) is 5.73 Å². The van der Waals surface area contributed by atoms with E-state index in [-0.39, 0.29) is 6.54 Å². The Kier molecular flexibility index (Phi) is 4.01. The molecular weight excluding hydrogens is 246 g/mol. The summed E-state index contributed by atoms with van der Waals surface area (Å²) in [5.74, 6) is -1.22. The summed E-state index contributed by atoms with van der Waals surface area (Å²) in [5.41, 5.74) is 6.71. The molecule has 1 aliphatic rings. The number of benzene rings is 1. The lowest BCUT2D eigenvalue weighted by Gasteiger charge is -2.35. The van der Waals surface area contributed by atoms with Crippen LogP contribution in [0.5, 0.6) is 0 Å². The molecule has 1 aromatic carbocycles. The van der Waals surface area contributed by atoms with E-state index in [4.69, 9.17) is 10.8 Å². The highest BCUT2D eigenvalue weighted by atomic mass is 16.4. The predicted octanol–water partition coefficient (Wildman–Crippen LogP) is -0.00790. The number of rotatable bonds is 4. The van der Waals surface area contributed by atoms with E-state index in [1.54, 1.807) is 12.1 Å². The molecule has 19 heavy (non-hydrogen) atoms. The number of anilines is 1. The summed E-state index contributed by atoms with van der Waals surface area (Å²) in [6, 6.07) is 7.16. The number of nitrogens with two attached hydrogens (primary N) is 1. The van der Waals surface area contributed by atoms with E-state index in [0.717, 1.165) is 31.9 Å². The molecule has 0 spiro atoms. The first-order valence-corrected chi connectivity index (χ1v) is 6.15. The molecule has 1 fully saturated rings. The topological polar surface area (TPSA) is 86.9 Å². The van der Waals surface area contributed by atoms with Gasteiger partial charge in [0.1, 0.15) is 0 Å². The molecule has 3 N–H and O–H groups in total. The van der Waals surface area contributed by atoms with Crippen LogP contribution < -0.4 is 10.6 Å². The van der Waals surface area contributed by atoms with Crippen molar-refractivity contribution in [3.8, 4) is 0 Å². The molecule has 0 saturated carbocycles. The summed E-state index contributed by atoms with van der Waals surface area (Å²) < 4.78 is 0. The van der Waals surface area contributed by atoms with E-state index >= 15 is 0 Å². The van der Waals surface area contributed by atoms with Crippen molar-refractivity contribution in [2.75, 3.05) is 37.6 Å². The third-order valence-electron chi connectivity index (χ3n) is 3.25. The van der Waals surface area contributed by atoms with Crippen LogP contribution in [0.15, 0.2) is 24.3 Å². The molecule has 1 amide bonds. The Labute approximate surface area is 111 Å². The first-order valence-electron chi connectivity index (χ1n) is 6.15. The van der Waals surface area contributed by atoms with Gasteiger partial charge in [-0.1, -0.05) is 0 Å². The van der Waals surface area contributed by atoms with Crippen LogP contribution in [0.2, 0.25) is 0 Å². The fraction of sp³-hybridized carbons (Fsp3) is 0.385. The quantitative estimate of drug-likeness (QED) is 0.798. The second kappa shape index (κ2) is 5.71. The van der Waals surface area contributed by atoms with E-state index in [2.05, 4.69) is 4.90 Å². The molecule has 1 aromatic rings. The van der Waals surface area contributed by atoms with E-state index in [9.17, 15) is 9.59 Å². The van der Waals surface area contributed by atoms with Gasteiger partial charge in [0.25, 0.3) is 0 Å². The molecule has 1 saturated heterocycles. The van der Waals surface area contributed by atoms with Crippen LogP contribution in [0.4, 0.5) is 5.69 Å². The van der Waals surface area contributed by atoms with E-state index in [1.807, 2.05) is 17.0 Å². The first-order chi connectivity index (χ1) is 9.06. The Morgan fingerprint density at radius 1 is 1.11 bits per heavy atom. The number of hydrogen-bond acceptors (Lipinski definition) is 4. The SMILES string of the molecule is NC(=O)c1ccc(N2CCN(CC(=O)O)CC2)cc1. The Morgan fingerprint density at radius 2 is 1.68 bits per heavy atom. The number of carboxylic acids is 1. The minimum atomic E-state index is -0.792. The molecule has 2 rings (SSSR count). The summed E-state index contributed by atoms with van der Waals surface area (Å²) in [7, 11) is 0. The van der Waals surface area contributed by atoms with Gasteiger partial charge in [-0.25, -0.2) is 0 Å². The standard InChI is InChI=1S/C13H17N3O3/c14-13(19)10-1-3-11(4-2-10)16-7-5-15(6-8-16)9-12(17)18/h1-4H,5-9H2,(H2,14,19)(H,17,18). The highest BCUT2D eigenvalue weighted by Gasteiger charge is 2.18. The molecule has 0 radical (unpaired) electrons. The van der Waals surface area contributed by atoms with E-state index < -0.39 is 11.9 Å². The van der Waals surface area contributed by atoms with Crippen LogP contribution >= 0.6 is 0 Å². The molecular formula is C13H17N3O3. The van der Waals surface area contributed by atoms with Gasteiger partial charge in [-0.2, -0.15) is 0 Å². The summed E-state index contributed by atoms with van der Waals surface area (Å²) in [6.45, 7) is 3.11. The van der Waals surface area contributed by atoms with Gasteiger partial charge < -0.3 is 15.7 Å². The summed E-state index contributed by atoms with van der Waals surface area (Å²) in [6.07, 6.45) is 0. The average molecular weight is 263 g/mol. The number of carbonyl (C=O) groups excluding carboxylic acids is 1.